The number of hydrogen-bond acceptors (Lipinski definition) is 4. The number of nitrogens with zero attached hydrogens (tertiary/aromatic N) is 1. The molecule has 0 saturated carbocycles. The molecule has 1 aliphatic heterocycles. The third-order valence-corrected chi connectivity index (χ3v) is 6.92. The van der Waals surface area contributed by atoms with E-state index in [1.807, 2.05) is 0 Å². The summed E-state index contributed by atoms with van der Waals surface area (Å²) in [7, 11) is 0. The molecule has 3 aromatic rings. The van der Waals surface area contributed by atoms with Gasteiger partial charge in [-0.2, -0.15) is 0 Å². The molecule has 3 nitrogen and oxygen atoms in total. The van der Waals surface area contributed by atoms with Crippen molar-refractivity contribution < 1.29 is 9.47 Å². The van der Waals surface area contributed by atoms with Crippen LogP contribution in [0.5, 0.6) is 11.5 Å². The van der Waals surface area contributed by atoms with Crippen LogP contribution in [-0.4, -0.2) is 37.0 Å². The average Bonchev–Trinajstić information content (AvgIpc) is 2.85. The van der Waals surface area contributed by atoms with Crippen molar-refractivity contribution in [1.29, 1.82) is 0 Å². The first-order chi connectivity index (χ1) is 16.1. The van der Waals surface area contributed by atoms with Crippen LogP contribution in [0.1, 0.15) is 32.3 Å². The van der Waals surface area contributed by atoms with Gasteiger partial charge in [0.25, 0.3) is 0 Å². The van der Waals surface area contributed by atoms with Gasteiger partial charge < -0.3 is 9.47 Å². The van der Waals surface area contributed by atoms with Gasteiger partial charge in [-0.3, -0.25) is 4.90 Å². The van der Waals surface area contributed by atoms with Gasteiger partial charge in [-0.15, -0.1) is 11.8 Å². The highest BCUT2D eigenvalue weighted by Gasteiger charge is 2.20. The van der Waals surface area contributed by atoms with E-state index >= 15 is 0 Å². The molecule has 0 amide bonds. The fourth-order valence-electron chi connectivity index (χ4n) is 4.26. The van der Waals surface area contributed by atoms with E-state index in [-0.39, 0.29) is 6.10 Å². The maximum atomic E-state index is 6.14. The zero-order valence-corrected chi connectivity index (χ0v) is 20.8. The van der Waals surface area contributed by atoms with Gasteiger partial charge in [0.1, 0.15) is 11.5 Å². The lowest BCUT2D eigenvalue weighted by atomic mass is 9.97. The number of piperidine rings is 1. The Labute approximate surface area is 203 Å². The molecule has 4 rings (SSSR count). The Kier molecular flexibility index (Phi) is 8.35. The van der Waals surface area contributed by atoms with Crippen LogP contribution in [-0.2, 0) is 6.54 Å². The molecule has 174 valence electrons. The number of thioether (sulfide) groups is 1. The summed E-state index contributed by atoms with van der Waals surface area (Å²) >= 11 is 1.77. The fraction of sp³-hybridized carbons (Fsp3) is 0.379. The van der Waals surface area contributed by atoms with Gasteiger partial charge in [0, 0.05) is 11.4 Å². The summed E-state index contributed by atoms with van der Waals surface area (Å²) in [5.41, 5.74) is 3.82. The van der Waals surface area contributed by atoms with Crippen molar-refractivity contribution in [2.45, 2.75) is 44.2 Å². The molecule has 1 saturated heterocycles. The molecule has 0 unspecified atom stereocenters. The molecule has 4 heteroatoms. The van der Waals surface area contributed by atoms with Crippen LogP contribution in [0.4, 0.5) is 0 Å². The predicted octanol–water partition coefficient (Wildman–Crippen LogP) is 7.15. The normalized spacial score (nSPS) is 15.0. The Morgan fingerprint density at radius 1 is 0.818 bits per heavy atom. The van der Waals surface area contributed by atoms with Crippen molar-refractivity contribution >= 4 is 11.8 Å². The van der Waals surface area contributed by atoms with Crippen LogP contribution in [0, 0.1) is 5.92 Å². The van der Waals surface area contributed by atoms with E-state index in [4.69, 9.17) is 9.47 Å². The maximum absolute atomic E-state index is 6.14. The van der Waals surface area contributed by atoms with Gasteiger partial charge in [-0.1, -0.05) is 36.4 Å². The summed E-state index contributed by atoms with van der Waals surface area (Å²) in [5, 5.41) is 0. The topological polar surface area (TPSA) is 21.7 Å². The third-order valence-electron chi connectivity index (χ3n) is 6.17. The molecule has 1 aliphatic rings. The summed E-state index contributed by atoms with van der Waals surface area (Å²) in [6.07, 6.45) is 4.70. The Hall–Kier alpha value is -2.43. The SMILES string of the molecule is CSc1ccc(-c2ccc(OCC3CCN(Cc4ccc(OC(C)C)cc4)CC3)cc2)cc1. The number of hydrogen-bond donors (Lipinski definition) is 0. The lowest BCUT2D eigenvalue weighted by Crippen LogP contribution is -2.35. The van der Waals surface area contributed by atoms with E-state index in [9.17, 15) is 0 Å². The first-order valence-electron chi connectivity index (χ1n) is 11.9. The minimum atomic E-state index is 0.215. The second-order valence-electron chi connectivity index (χ2n) is 9.09. The fourth-order valence-corrected chi connectivity index (χ4v) is 4.66. The van der Waals surface area contributed by atoms with Crippen LogP contribution < -0.4 is 9.47 Å². The van der Waals surface area contributed by atoms with E-state index in [0.717, 1.165) is 37.7 Å². The van der Waals surface area contributed by atoms with Gasteiger partial charge >= 0.3 is 0 Å². The Morgan fingerprint density at radius 3 is 1.97 bits per heavy atom. The van der Waals surface area contributed by atoms with Crippen molar-refractivity contribution in [2.24, 2.45) is 5.92 Å². The second kappa shape index (κ2) is 11.6. The van der Waals surface area contributed by atoms with Crippen LogP contribution in [0.3, 0.4) is 0 Å². The molecule has 0 atom stereocenters. The number of benzene rings is 3. The van der Waals surface area contributed by atoms with Gasteiger partial charge in [-0.25, -0.2) is 0 Å². The highest BCUT2D eigenvalue weighted by Crippen LogP contribution is 2.26. The summed E-state index contributed by atoms with van der Waals surface area (Å²) in [4.78, 5) is 3.84. The average molecular weight is 462 g/mol. The predicted molar refractivity (Wildman–Crippen MR) is 139 cm³/mol. The van der Waals surface area contributed by atoms with Gasteiger partial charge in [0.2, 0.25) is 0 Å². The molecule has 1 heterocycles. The monoisotopic (exact) mass is 461 g/mol. The molecule has 0 N–H and O–H groups in total. The minimum absolute atomic E-state index is 0.215. The van der Waals surface area contributed by atoms with Crippen molar-refractivity contribution in [3.63, 3.8) is 0 Å². The summed E-state index contributed by atoms with van der Waals surface area (Å²) in [6, 6.07) is 25.8. The van der Waals surface area contributed by atoms with Gasteiger partial charge in [0.15, 0.2) is 0 Å². The van der Waals surface area contributed by atoms with E-state index < -0.39 is 0 Å². The van der Waals surface area contributed by atoms with Crippen LogP contribution in [0.15, 0.2) is 77.7 Å². The first-order valence-corrected chi connectivity index (χ1v) is 13.2. The molecule has 0 aliphatic carbocycles. The third kappa shape index (κ3) is 7.02. The van der Waals surface area contributed by atoms with Crippen LogP contribution in [0.25, 0.3) is 11.1 Å². The molecule has 0 bridgehead atoms. The summed E-state index contributed by atoms with van der Waals surface area (Å²) < 4.78 is 11.9. The van der Waals surface area contributed by atoms with Gasteiger partial charge in [0.05, 0.1) is 12.7 Å². The zero-order chi connectivity index (χ0) is 23.0. The lowest BCUT2D eigenvalue weighted by Gasteiger charge is -2.31. The van der Waals surface area contributed by atoms with Crippen molar-refractivity contribution in [3.8, 4) is 22.6 Å². The highest BCUT2D eigenvalue weighted by molar-refractivity contribution is 7.98. The quantitative estimate of drug-likeness (QED) is 0.315. The Bertz CT molecular complexity index is 976. The van der Waals surface area contributed by atoms with E-state index in [1.165, 1.54) is 34.4 Å². The summed E-state index contributed by atoms with van der Waals surface area (Å²) in [6.45, 7) is 8.18. The van der Waals surface area contributed by atoms with Crippen LogP contribution >= 0.6 is 11.8 Å². The van der Waals surface area contributed by atoms with Gasteiger partial charge in [-0.05, 0) is 105 Å². The van der Waals surface area contributed by atoms with E-state index in [0.29, 0.717) is 5.92 Å². The molecule has 3 aromatic carbocycles. The molecular formula is C29H35NO2S. The Balaban J connectivity index is 1.20. The van der Waals surface area contributed by atoms with Crippen LogP contribution in [0.2, 0.25) is 0 Å². The van der Waals surface area contributed by atoms with Crippen molar-refractivity contribution in [2.75, 3.05) is 26.0 Å². The van der Waals surface area contributed by atoms with E-state index in [1.54, 1.807) is 11.8 Å². The molecule has 0 radical (unpaired) electrons. The largest absolute Gasteiger partial charge is 0.493 e. The molecule has 33 heavy (non-hydrogen) atoms. The highest BCUT2D eigenvalue weighted by atomic mass is 32.2. The second-order valence-corrected chi connectivity index (χ2v) is 9.97. The van der Waals surface area contributed by atoms with Crippen molar-refractivity contribution in [1.82, 2.24) is 4.90 Å². The smallest absolute Gasteiger partial charge is 0.119 e. The molecule has 1 fully saturated rings. The number of likely N-dealkylation sites (tertiary alicyclic amines) is 1. The lowest BCUT2D eigenvalue weighted by molar-refractivity contribution is 0.136. The first kappa shape index (κ1) is 23.7. The van der Waals surface area contributed by atoms with Crippen molar-refractivity contribution in [3.05, 3.63) is 78.4 Å². The zero-order valence-electron chi connectivity index (χ0n) is 20.0. The maximum Gasteiger partial charge on any atom is 0.119 e. The number of rotatable bonds is 9. The molecule has 0 spiro atoms. The summed E-state index contributed by atoms with van der Waals surface area (Å²) in [5.74, 6) is 2.54. The Morgan fingerprint density at radius 2 is 1.39 bits per heavy atom. The molecule has 0 aromatic heterocycles. The number of ether oxygens (including phenoxy) is 2. The molecular weight excluding hydrogens is 426 g/mol. The minimum Gasteiger partial charge on any atom is -0.493 e. The standard InChI is InChI=1S/C29H35NO2S/c1-22(2)32-28-10-4-23(5-11-28)20-30-18-16-24(17-19-30)21-31-27-12-6-25(7-13-27)26-8-14-29(33-3)15-9-26/h4-15,22,24H,16-21H2,1-3H3. The van der Waals surface area contributed by atoms with E-state index in [2.05, 4.69) is 97.8 Å².